The van der Waals surface area contributed by atoms with Gasteiger partial charge < -0.3 is 15.4 Å². The fourth-order valence-corrected chi connectivity index (χ4v) is 2.95. The molecule has 0 saturated carbocycles. The third kappa shape index (κ3) is 5.38. The lowest BCUT2D eigenvalue weighted by Gasteiger charge is -2.22. The minimum Gasteiger partial charge on any atom is -0.489 e. The molecule has 0 bridgehead atoms. The Bertz CT molecular complexity index is 562. The van der Waals surface area contributed by atoms with Crippen molar-refractivity contribution < 1.29 is 4.74 Å². The lowest BCUT2D eigenvalue weighted by molar-refractivity contribution is 0.306. The second-order valence-corrected chi connectivity index (χ2v) is 6.24. The highest BCUT2D eigenvalue weighted by Crippen LogP contribution is 2.15. The second kappa shape index (κ2) is 8.70. The molecule has 2 N–H and O–H groups in total. The molecule has 1 fully saturated rings. The van der Waals surface area contributed by atoms with E-state index in [9.17, 15) is 0 Å². The largest absolute Gasteiger partial charge is 0.489 e. The normalized spacial score (nSPS) is 15.5. The first-order valence-corrected chi connectivity index (χ1v) is 8.57. The van der Waals surface area contributed by atoms with Crippen LogP contribution < -0.4 is 15.4 Å². The lowest BCUT2D eigenvalue weighted by Crippen LogP contribution is -2.33. The molecule has 2 aromatic rings. The number of rotatable bonds is 7. The van der Waals surface area contributed by atoms with Gasteiger partial charge >= 0.3 is 0 Å². The van der Waals surface area contributed by atoms with Crippen molar-refractivity contribution >= 4 is 0 Å². The molecule has 0 amide bonds. The van der Waals surface area contributed by atoms with Gasteiger partial charge in [0, 0.05) is 6.54 Å². The van der Waals surface area contributed by atoms with Crippen molar-refractivity contribution in [1.82, 2.24) is 10.6 Å². The molecule has 1 saturated heterocycles. The van der Waals surface area contributed by atoms with Crippen molar-refractivity contribution in [1.29, 1.82) is 0 Å². The van der Waals surface area contributed by atoms with Crippen LogP contribution in [0.15, 0.2) is 54.6 Å². The van der Waals surface area contributed by atoms with Gasteiger partial charge in [-0.2, -0.15) is 0 Å². The quantitative estimate of drug-likeness (QED) is 0.823. The summed E-state index contributed by atoms with van der Waals surface area (Å²) in [5, 5.41) is 6.99. The molecule has 3 heteroatoms. The Kier molecular flexibility index (Phi) is 6.07. The first kappa shape index (κ1) is 16.0. The number of hydrogen-bond donors (Lipinski definition) is 2. The Labute approximate surface area is 139 Å². The van der Waals surface area contributed by atoms with Gasteiger partial charge in [0.25, 0.3) is 0 Å². The maximum Gasteiger partial charge on any atom is 0.119 e. The van der Waals surface area contributed by atoms with Crippen LogP contribution in [0.3, 0.4) is 0 Å². The highest BCUT2D eigenvalue weighted by atomic mass is 16.5. The first-order valence-electron chi connectivity index (χ1n) is 8.57. The maximum absolute atomic E-state index is 5.82. The van der Waals surface area contributed by atoms with E-state index in [1.54, 1.807) is 0 Å². The highest BCUT2D eigenvalue weighted by molar-refractivity contribution is 5.27. The molecular formula is C20H26N2O. The third-order valence-electron chi connectivity index (χ3n) is 4.39. The van der Waals surface area contributed by atoms with Crippen LogP contribution >= 0.6 is 0 Å². The molecule has 122 valence electrons. The van der Waals surface area contributed by atoms with Gasteiger partial charge in [0.1, 0.15) is 12.4 Å². The molecule has 0 spiro atoms. The van der Waals surface area contributed by atoms with Crippen molar-refractivity contribution in [3.63, 3.8) is 0 Å². The summed E-state index contributed by atoms with van der Waals surface area (Å²) in [6.07, 6.45) is 2.58. The molecule has 1 aliphatic heterocycles. The van der Waals surface area contributed by atoms with Crippen LogP contribution in [0.25, 0.3) is 0 Å². The smallest absolute Gasteiger partial charge is 0.119 e. The predicted octanol–water partition coefficient (Wildman–Crippen LogP) is 3.35. The highest BCUT2D eigenvalue weighted by Gasteiger charge is 2.11. The Morgan fingerprint density at radius 1 is 0.913 bits per heavy atom. The Hall–Kier alpha value is -1.84. The van der Waals surface area contributed by atoms with Crippen molar-refractivity contribution in [2.75, 3.05) is 19.6 Å². The molecule has 0 radical (unpaired) electrons. The molecule has 0 aromatic heterocycles. The average molecular weight is 310 g/mol. The van der Waals surface area contributed by atoms with Crippen LogP contribution in [0.5, 0.6) is 5.75 Å². The lowest BCUT2D eigenvalue weighted by atomic mass is 9.98. The number of benzene rings is 2. The second-order valence-electron chi connectivity index (χ2n) is 6.24. The zero-order valence-electron chi connectivity index (χ0n) is 13.6. The van der Waals surface area contributed by atoms with E-state index >= 15 is 0 Å². The van der Waals surface area contributed by atoms with Crippen molar-refractivity contribution in [2.45, 2.75) is 26.0 Å². The van der Waals surface area contributed by atoms with Crippen molar-refractivity contribution in [2.24, 2.45) is 5.92 Å². The van der Waals surface area contributed by atoms with E-state index in [0.717, 1.165) is 24.8 Å². The Morgan fingerprint density at radius 2 is 1.65 bits per heavy atom. The Balaban J connectivity index is 1.40. The topological polar surface area (TPSA) is 33.3 Å². The van der Waals surface area contributed by atoms with Crippen molar-refractivity contribution in [3.8, 4) is 5.75 Å². The summed E-state index contributed by atoms with van der Waals surface area (Å²) >= 11 is 0. The summed E-state index contributed by atoms with van der Waals surface area (Å²) in [5.41, 5.74) is 2.51. The minimum atomic E-state index is 0.619. The molecule has 0 atom stereocenters. The van der Waals surface area contributed by atoms with Crippen LogP contribution in [-0.4, -0.2) is 19.6 Å². The van der Waals surface area contributed by atoms with Crippen molar-refractivity contribution in [3.05, 3.63) is 65.7 Å². The number of ether oxygens (including phenoxy) is 1. The van der Waals surface area contributed by atoms with E-state index in [0.29, 0.717) is 6.61 Å². The van der Waals surface area contributed by atoms with Gasteiger partial charge in [0.2, 0.25) is 0 Å². The molecule has 3 rings (SSSR count). The summed E-state index contributed by atoms with van der Waals surface area (Å²) in [4.78, 5) is 0. The SMILES string of the molecule is c1ccc(COc2ccc(CNCC3CCNCC3)cc2)cc1. The molecule has 1 aliphatic rings. The van der Waals surface area contributed by atoms with Gasteiger partial charge in [-0.3, -0.25) is 0 Å². The van der Waals surface area contributed by atoms with E-state index in [-0.39, 0.29) is 0 Å². The number of hydrogen-bond acceptors (Lipinski definition) is 3. The van der Waals surface area contributed by atoms with Crippen LogP contribution in [0.1, 0.15) is 24.0 Å². The number of nitrogens with one attached hydrogen (secondary N) is 2. The fraction of sp³-hybridized carbons (Fsp3) is 0.400. The molecular weight excluding hydrogens is 284 g/mol. The van der Waals surface area contributed by atoms with E-state index < -0.39 is 0 Å². The van der Waals surface area contributed by atoms with Gasteiger partial charge in [-0.1, -0.05) is 42.5 Å². The summed E-state index contributed by atoms with van der Waals surface area (Å²) < 4.78 is 5.82. The summed E-state index contributed by atoms with van der Waals surface area (Å²) in [6, 6.07) is 18.7. The summed E-state index contributed by atoms with van der Waals surface area (Å²) in [6.45, 7) is 5.00. The van der Waals surface area contributed by atoms with Gasteiger partial charge in [0.15, 0.2) is 0 Å². The minimum absolute atomic E-state index is 0.619. The monoisotopic (exact) mass is 310 g/mol. The van der Waals surface area contributed by atoms with Gasteiger partial charge in [0.05, 0.1) is 0 Å². The van der Waals surface area contributed by atoms with Crippen LogP contribution in [-0.2, 0) is 13.2 Å². The van der Waals surface area contributed by atoms with Crippen LogP contribution in [0.2, 0.25) is 0 Å². The third-order valence-corrected chi connectivity index (χ3v) is 4.39. The summed E-state index contributed by atoms with van der Waals surface area (Å²) in [7, 11) is 0. The molecule has 23 heavy (non-hydrogen) atoms. The zero-order chi connectivity index (χ0) is 15.7. The summed E-state index contributed by atoms with van der Waals surface area (Å²) in [5.74, 6) is 1.75. The zero-order valence-corrected chi connectivity index (χ0v) is 13.6. The van der Waals surface area contributed by atoms with Crippen LogP contribution in [0, 0.1) is 5.92 Å². The van der Waals surface area contributed by atoms with Gasteiger partial charge in [-0.15, -0.1) is 0 Å². The van der Waals surface area contributed by atoms with Crippen LogP contribution in [0.4, 0.5) is 0 Å². The average Bonchev–Trinajstić information content (AvgIpc) is 2.63. The standard InChI is InChI=1S/C20H26N2O/c1-2-4-19(5-3-1)16-23-20-8-6-17(7-9-20)14-22-15-18-10-12-21-13-11-18/h1-9,18,21-22H,10-16H2. The first-order chi connectivity index (χ1) is 11.4. The number of piperidine rings is 1. The maximum atomic E-state index is 5.82. The van der Waals surface area contributed by atoms with E-state index in [4.69, 9.17) is 4.74 Å². The van der Waals surface area contributed by atoms with E-state index in [2.05, 4.69) is 47.0 Å². The predicted molar refractivity (Wildman–Crippen MR) is 94.5 cm³/mol. The Morgan fingerprint density at radius 3 is 2.39 bits per heavy atom. The molecule has 3 nitrogen and oxygen atoms in total. The fourth-order valence-electron chi connectivity index (χ4n) is 2.95. The van der Waals surface area contributed by atoms with Gasteiger partial charge in [-0.25, -0.2) is 0 Å². The molecule has 0 aliphatic carbocycles. The van der Waals surface area contributed by atoms with E-state index in [1.807, 2.05) is 18.2 Å². The van der Waals surface area contributed by atoms with E-state index in [1.165, 1.54) is 37.1 Å². The molecule has 2 aromatic carbocycles. The molecule has 1 heterocycles. The molecule has 0 unspecified atom stereocenters. The van der Waals surface area contributed by atoms with Gasteiger partial charge in [-0.05, 0) is 61.7 Å².